The first-order chi connectivity index (χ1) is 10.1. The van der Waals surface area contributed by atoms with Crippen LogP contribution in [0.1, 0.15) is 25.3 Å². The molecule has 1 aliphatic rings. The molecule has 1 N–H and O–H groups in total. The van der Waals surface area contributed by atoms with E-state index in [4.69, 9.17) is 0 Å². The first-order valence-corrected chi connectivity index (χ1v) is 7.99. The van der Waals surface area contributed by atoms with Gasteiger partial charge in [-0.25, -0.2) is 4.39 Å². The summed E-state index contributed by atoms with van der Waals surface area (Å²) in [6.07, 6.45) is 2.35. The number of anilines is 1. The number of halogens is 1. The summed E-state index contributed by atoms with van der Waals surface area (Å²) >= 11 is 0. The van der Waals surface area contributed by atoms with Crippen molar-refractivity contribution < 1.29 is 4.39 Å². The van der Waals surface area contributed by atoms with E-state index in [1.807, 2.05) is 6.07 Å². The average Bonchev–Trinajstić information content (AvgIpc) is 2.84. The van der Waals surface area contributed by atoms with Gasteiger partial charge in [-0.3, -0.25) is 0 Å². The van der Waals surface area contributed by atoms with Crippen LogP contribution >= 0.6 is 0 Å². The molecule has 2 rings (SSSR count). The number of nitrogens with one attached hydrogen (secondary N) is 1. The molecule has 1 saturated heterocycles. The van der Waals surface area contributed by atoms with Gasteiger partial charge in [-0.05, 0) is 62.7 Å². The summed E-state index contributed by atoms with van der Waals surface area (Å²) in [6, 6.07) is 5.14. The second-order valence-electron chi connectivity index (χ2n) is 6.25. The zero-order valence-electron chi connectivity index (χ0n) is 13.5. The fourth-order valence-corrected chi connectivity index (χ4v) is 3.13. The first kappa shape index (κ1) is 16.2. The highest BCUT2D eigenvalue weighted by molar-refractivity contribution is 5.53. The first-order valence-electron chi connectivity index (χ1n) is 7.99. The van der Waals surface area contributed by atoms with Crippen molar-refractivity contribution in [3.8, 4) is 0 Å². The molecular weight excluding hydrogens is 265 g/mol. The summed E-state index contributed by atoms with van der Waals surface area (Å²) < 4.78 is 13.5. The van der Waals surface area contributed by atoms with Crippen LogP contribution in [0.3, 0.4) is 0 Å². The van der Waals surface area contributed by atoms with E-state index in [0.717, 1.165) is 43.9 Å². The quantitative estimate of drug-likeness (QED) is 0.780. The Hall–Kier alpha value is -1.13. The van der Waals surface area contributed by atoms with Crippen molar-refractivity contribution in [3.05, 3.63) is 29.6 Å². The monoisotopic (exact) mass is 293 g/mol. The summed E-state index contributed by atoms with van der Waals surface area (Å²) in [5, 5.41) is 3.37. The van der Waals surface area contributed by atoms with E-state index >= 15 is 0 Å². The number of nitrogens with zero attached hydrogens (tertiary/aromatic N) is 2. The highest BCUT2D eigenvalue weighted by Crippen LogP contribution is 2.24. The van der Waals surface area contributed by atoms with Gasteiger partial charge in [-0.2, -0.15) is 0 Å². The molecule has 0 saturated carbocycles. The molecular formula is C17H28FN3. The summed E-state index contributed by atoms with van der Waals surface area (Å²) in [4.78, 5) is 4.67. The van der Waals surface area contributed by atoms with E-state index in [2.05, 4.69) is 36.1 Å². The van der Waals surface area contributed by atoms with E-state index in [1.54, 1.807) is 12.1 Å². The third-order valence-electron chi connectivity index (χ3n) is 4.22. The molecule has 1 fully saturated rings. The van der Waals surface area contributed by atoms with Crippen molar-refractivity contribution in [1.82, 2.24) is 10.2 Å². The molecule has 21 heavy (non-hydrogen) atoms. The number of benzene rings is 1. The van der Waals surface area contributed by atoms with Crippen LogP contribution < -0.4 is 10.2 Å². The van der Waals surface area contributed by atoms with E-state index < -0.39 is 0 Å². The van der Waals surface area contributed by atoms with Crippen LogP contribution in [0.15, 0.2) is 18.2 Å². The third-order valence-corrected chi connectivity index (χ3v) is 4.22. The molecule has 4 heteroatoms. The van der Waals surface area contributed by atoms with Gasteiger partial charge in [0.25, 0.3) is 0 Å². The largest absolute Gasteiger partial charge is 0.374 e. The summed E-state index contributed by atoms with van der Waals surface area (Å²) in [7, 11) is 4.30. The van der Waals surface area contributed by atoms with Crippen molar-refractivity contribution in [2.75, 3.05) is 45.2 Å². The van der Waals surface area contributed by atoms with Crippen molar-refractivity contribution in [2.45, 2.75) is 26.3 Å². The fourth-order valence-electron chi connectivity index (χ4n) is 3.13. The summed E-state index contributed by atoms with van der Waals surface area (Å²) in [5.74, 6) is 0.558. The predicted molar refractivity (Wildman–Crippen MR) is 87.3 cm³/mol. The van der Waals surface area contributed by atoms with Crippen molar-refractivity contribution in [1.29, 1.82) is 0 Å². The Labute approximate surface area is 128 Å². The number of hydrogen-bond acceptors (Lipinski definition) is 3. The molecule has 1 unspecified atom stereocenters. The Kier molecular flexibility index (Phi) is 6.00. The van der Waals surface area contributed by atoms with Crippen LogP contribution in [-0.2, 0) is 6.54 Å². The second kappa shape index (κ2) is 7.76. The van der Waals surface area contributed by atoms with Gasteiger partial charge in [0.15, 0.2) is 0 Å². The normalized spacial score (nSPS) is 19.1. The molecule has 118 valence electrons. The van der Waals surface area contributed by atoms with Gasteiger partial charge < -0.3 is 15.1 Å². The standard InChI is InChI=1S/C17H28FN3/c1-4-8-19-11-15-10-16(18)5-6-17(15)21(3)13-14-7-9-20(2)12-14/h5-6,10,14,19H,4,7-9,11-13H2,1-3H3. The Bertz CT molecular complexity index is 450. The van der Waals surface area contributed by atoms with Crippen LogP contribution in [0.4, 0.5) is 10.1 Å². The lowest BCUT2D eigenvalue weighted by atomic mass is 10.1. The van der Waals surface area contributed by atoms with Crippen molar-refractivity contribution in [2.24, 2.45) is 5.92 Å². The highest BCUT2D eigenvalue weighted by atomic mass is 19.1. The van der Waals surface area contributed by atoms with Gasteiger partial charge in [-0.1, -0.05) is 6.92 Å². The number of rotatable bonds is 7. The second-order valence-corrected chi connectivity index (χ2v) is 6.25. The number of hydrogen-bond donors (Lipinski definition) is 1. The minimum Gasteiger partial charge on any atom is -0.374 e. The predicted octanol–water partition coefficient (Wildman–Crippen LogP) is 2.71. The maximum absolute atomic E-state index is 13.5. The third kappa shape index (κ3) is 4.68. The summed E-state index contributed by atoms with van der Waals surface area (Å²) in [6.45, 7) is 7.23. The molecule has 0 aromatic heterocycles. The maximum Gasteiger partial charge on any atom is 0.123 e. The molecule has 1 aromatic carbocycles. The van der Waals surface area contributed by atoms with Crippen LogP contribution in [0.5, 0.6) is 0 Å². The topological polar surface area (TPSA) is 18.5 Å². The molecule has 0 radical (unpaired) electrons. The zero-order chi connectivity index (χ0) is 15.2. The van der Waals surface area contributed by atoms with Gasteiger partial charge in [0, 0.05) is 32.4 Å². The minimum absolute atomic E-state index is 0.152. The highest BCUT2D eigenvalue weighted by Gasteiger charge is 2.21. The van der Waals surface area contributed by atoms with Crippen molar-refractivity contribution >= 4 is 5.69 Å². The lowest BCUT2D eigenvalue weighted by molar-refractivity contribution is 0.396. The van der Waals surface area contributed by atoms with Crippen LogP contribution in [0, 0.1) is 11.7 Å². The molecule has 1 atom stereocenters. The van der Waals surface area contributed by atoms with Crippen LogP contribution in [-0.4, -0.2) is 45.2 Å². The molecule has 1 heterocycles. The lowest BCUT2D eigenvalue weighted by Gasteiger charge is -2.26. The Balaban J connectivity index is 2.02. The number of likely N-dealkylation sites (tertiary alicyclic amines) is 1. The van der Waals surface area contributed by atoms with E-state index in [0.29, 0.717) is 5.92 Å². The van der Waals surface area contributed by atoms with E-state index in [9.17, 15) is 4.39 Å². The van der Waals surface area contributed by atoms with Gasteiger partial charge in [-0.15, -0.1) is 0 Å². The Morgan fingerprint density at radius 3 is 2.90 bits per heavy atom. The smallest absolute Gasteiger partial charge is 0.123 e. The average molecular weight is 293 g/mol. The minimum atomic E-state index is -0.152. The molecule has 1 aromatic rings. The SMILES string of the molecule is CCCNCc1cc(F)ccc1N(C)CC1CCN(C)C1. The van der Waals surface area contributed by atoms with E-state index in [-0.39, 0.29) is 5.82 Å². The maximum atomic E-state index is 13.5. The van der Waals surface area contributed by atoms with Crippen LogP contribution in [0.2, 0.25) is 0 Å². The zero-order valence-corrected chi connectivity index (χ0v) is 13.5. The van der Waals surface area contributed by atoms with Gasteiger partial charge in [0.05, 0.1) is 0 Å². The Morgan fingerprint density at radius 1 is 1.43 bits per heavy atom. The lowest BCUT2D eigenvalue weighted by Crippen LogP contribution is -2.28. The molecule has 0 aliphatic carbocycles. The molecule has 1 aliphatic heterocycles. The van der Waals surface area contributed by atoms with Gasteiger partial charge in [0.1, 0.15) is 5.82 Å². The molecule has 0 bridgehead atoms. The van der Waals surface area contributed by atoms with E-state index in [1.165, 1.54) is 13.0 Å². The van der Waals surface area contributed by atoms with Gasteiger partial charge in [0.2, 0.25) is 0 Å². The van der Waals surface area contributed by atoms with Crippen LogP contribution in [0.25, 0.3) is 0 Å². The molecule has 3 nitrogen and oxygen atoms in total. The Morgan fingerprint density at radius 2 is 2.24 bits per heavy atom. The molecule has 0 amide bonds. The van der Waals surface area contributed by atoms with Crippen molar-refractivity contribution in [3.63, 3.8) is 0 Å². The fraction of sp³-hybridized carbons (Fsp3) is 0.647. The molecule has 0 spiro atoms. The van der Waals surface area contributed by atoms with Gasteiger partial charge >= 0.3 is 0 Å². The summed E-state index contributed by atoms with van der Waals surface area (Å²) in [5.41, 5.74) is 2.20.